The second kappa shape index (κ2) is 5.25. The predicted octanol–water partition coefficient (Wildman–Crippen LogP) is 1.68. The van der Waals surface area contributed by atoms with Crippen LogP contribution < -0.4 is 5.73 Å². The Labute approximate surface area is 121 Å². The zero-order chi connectivity index (χ0) is 14.2. The predicted molar refractivity (Wildman–Crippen MR) is 73.4 cm³/mol. The van der Waals surface area contributed by atoms with Gasteiger partial charge in [0.05, 0.1) is 0 Å². The Hall–Kier alpha value is -0.880. The van der Waals surface area contributed by atoms with Crippen molar-refractivity contribution in [3.63, 3.8) is 0 Å². The van der Waals surface area contributed by atoms with Crippen LogP contribution in [-0.4, -0.2) is 39.6 Å². The Morgan fingerprint density at radius 3 is 2.84 bits per heavy atom. The molecule has 7 heteroatoms. The first-order chi connectivity index (χ1) is 8.82. The number of carboxylic acids is 1. The third-order valence-electron chi connectivity index (χ3n) is 3.33. The summed E-state index contributed by atoms with van der Waals surface area (Å²) in [5, 5.41) is 9.99. The Bertz CT molecular complexity index is 501. The van der Waals surface area contributed by atoms with Crippen molar-refractivity contribution in [2.24, 2.45) is 5.73 Å². The molecule has 0 spiro atoms. The van der Waals surface area contributed by atoms with Gasteiger partial charge in [-0.2, -0.15) is 0 Å². The zero-order valence-corrected chi connectivity index (χ0v) is 12.0. The molecular formula is C12H15Cl2N3O2. The van der Waals surface area contributed by atoms with Gasteiger partial charge < -0.3 is 10.8 Å². The molecule has 0 radical (unpaired) electrons. The average molecular weight is 304 g/mol. The van der Waals surface area contributed by atoms with E-state index < -0.39 is 11.5 Å². The standard InChI is InChI=1S/C12H15Cl2N3O2/c1-7-4-9(13)8(10(14)16-7)5-17-3-2-12(15,6-17)11(18)19/h4H,2-3,5-6,15H2,1H3,(H,18,19). The first-order valence-electron chi connectivity index (χ1n) is 5.88. The van der Waals surface area contributed by atoms with Gasteiger partial charge in [0.1, 0.15) is 10.7 Å². The number of likely N-dealkylation sites (tertiary alicyclic amines) is 1. The lowest BCUT2D eigenvalue weighted by molar-refractivity contribution is -0.142. The number of halogens is 2. The van der Waals surface area contributed by atoms with E-state index in [9.17, 15) is 4.79 Å². The highest BCUT2D eigenvalue weighted by Gasteiger charge is 2.41. The lowest BCUT2D eigenvalue weighted by atomic mass is 10.0. The Balaban J connectivity index is 2.14. The second-order valence-corrected chi connectivity index (χ2v) is 5.70. The van der Waals surface area contributed by atoms with Crippen molar-refractivity contribution in [2.45, 2.75) is 25.4 Å². The molecule has 0 aromatic carbocycles. The van der Waals surface area contributed by atoms with Crippen molar-refractivity contribution in [1.82, 2.24) is 9.88 Å². The number of hydrogen-bond donors (Lipinski definition) is 2. The van der Waals surface area contributed by atoms with Crippen LogP contribution >= 0.6 is 23.2 Å². The number of aromatic nitrogens is 1. The fourth-order valence-corrected chi connectivity index (χ4v) is 2.86. The van der Waals surface area contributed by atoms with Crippen LogP contribution in [0.5, 0.6) is 0 Å². The third-order valence-corrected chi connectivity index (χ3v) is 3.98. The van der Waals surface area contributed by atoms with Gasteiger partial charge >= 0.3 is 5.97 Å². The molecule has 19 heavy (non-hydrogen) atoms. The fraction of sp³-hybridized carbons (Fsp3) is 0.500. The van der Waals surface area contributed by atoms with Gasteiger partial charge in [0, 0.05) is 35.9 Å². The Morgan fingerprint density at radius 2 is 2.32 bits per heavy atom. The molecule has 1 saturated heterocycles. The number of pyridine rings is 1. The largest absolute Gasteiger partial charge is 0.480 e. The summed E-state index contributed by atoms with van der Waals surface area (Å²) in [5.41, 5.74) is 6.10. The molecule has 2 heterocycles. The number of aryl methyl sites for hydroxylation is 1. The van der Waals surface area contributed by atoms with Crippen LogP contribution in [0.25, 0.3) is 0 Å². The molecule has 2 rings (SSSR count). The van der Waals surface area contributed by atoms with Crippen LogP contribution in [0.2, 0.25) is 10.2 Å². The van der Waals surface area contributed by atoms with Crippen molar-refractivity contribution in [3.05, 3.63) is 27.5 Å². The SMILES string of the molecule is Cc1cc(Cl)c(CN2CCC(N)(C(=O)O)C2)c(Cl)n1. The number of aliphatic carboxylic acids is 1. The summed E-state index contributed by atoms with van der Waals surface area (Å²) in [5.74, 6) is -0.978. The van der Waals surface area contributed by atoms with Crippen LogP contribution in [0, 0.1) is 6.92 Å². The fourth-order valence-electron chi connectivity index (χ4n) is 2.21. The molecule has 5 nitrogen and oxygen atoms in total. The minimum absolute atomic E-state index is 0.281. The molecule has 0 bridgehead atoms. The number of nitrogens with zero attached hydrogens (tertiary/aromatic N) is 2. The maximum atomic E-state index is 11.1. The molecule has 1 fully saturated rings. The van der Waals surface area contributed by atoms with Gasteiger partial charge in [0.15, 0.2) is 0 Å². The Morgan fingerprint density at radius 1 is 1.63 bits per heavy atom. The summed E-state index contributed by atoms with van der Waals surface area (Å²) in [4.78, 5) is 17.2. The Kier molecular flexibility index (Phi) is 4.01. The van der Waals surface area contributed by atoms with Crippen molar-refractivity contribution >= 4 is 29.2 Å². The van der Waals surface area contributed by atoms with Crippen LogP contribution in [0.3, 0.4) is 0 Å². The van der Waals surface area contributed by atoms with E-state index >= 15 is 0 Å². The molecule has 1 aromatic heterocycles. The maximum absolute atomic E-state index is 11.1. The van der Waals surface area contributed by atoms with E-state index in [4.69, 9.17) is 34.0 Å². The van der Waals surface area contributed by atoms with Gasteiger partial charge in [-0.25, -0.2) is 4.98 Å². The summed E-state index contributed by atoms with van der Waals surface area (Å²) in [7, 11) is 0. The van der Waals surface area contributed by atoms with Gasteiger partial charge in [0.2, 0.25) is 0 Å². The van der Waals surface area contributed by atoms with Crippen LogP contribution in [0.15, 0.2) is 6.07 Å². The highest BCUT2D eigenvalue weighted by Crippen LogP contribution is 2.28. The first-order valence-corrected chi connectivity index (χ1v) is 6.63. The van der Waals surface area contributed by atoms with E-state index in [1.807, 2.05) is 11.8 Å². The molecule has 0 saturated carbocycles. The van der Waals surface area contributed by atoms with E-state index in [2.05, 4.69) is 4.98 Å². The highest BCUT2D eigenvalue weighted by atomic mass is 35.5. The summed E-state index contributed by atoms with van der Waals surface area (Å²) in [6.07, 6.45) is 0.414. The van der Waals surface area contributed by atoms with Gasteiger partial charge in [0.25, 0.3) is 0 Å². The minimum Gasteiger partial charge on any atom is -0.480 e. The van der Waals surface area contributed by atoms with Crippen molar-refractivity contribution < 1.29 is 9.90 Å². The van der Waals surface area contributed by atoms with Crippen LogP contribution in [0.4, 0.5) is 0 Å². The third kappa shape index (κ3) is 3.00. The van der Waals surface area contributed by atoms with E-state index in [1.54, 1.807) is 6.07 Å². The summed E-state index contributed by atoms with van der Waals surface area (Å²) in [6.45, 7) is 3.15. The van der Waals surface area contributed by atoms with E-state index in [0.29, 0.717) is 35.2 Å². The molecule has 1 aliphatic rings. The van der Waals surface area contributed by atoms with E-state index in [0.717, 1.165) is 5.69 Å². The van der Waals surface area contributed by atoms with Crippen molar-refractivity contribution in [2.75, 3.05) is 13.1 Å². The van der Waals surface area contributed by atoms with Crippen molar-refractivity contribution in [3.8, 4) is 0 Å². The lowest BCUT2D eigenvalue weighted by Gasteiger charge is -2.20. The number of hydrogen-bond acceptors (Lipinski definition) is 4. The van der Waals surface area contributed by atoms with E-state index in [-0.39, 0.29) is 6.54 Å². The first kappa shape index (κ1) is 14.5. The number of carboxylic acid groups (broad SMARTS) is 1. The molecular weight excluding hydrogens is 289 g/mol. The van der Waals surface area contributed by atoms with Gasteiger partial charge in [-0.3, -0.25) is 9.69 Å². The molecule has 0 aliphatic carbocycles. The summed E-state index contributed by atoms with van der Waals surface area (Å²) < 4.78 is 0. The average Bonchev–Trinajstić information content (AvgIpc) is 2.67. The topological polar surface area (TPSA) is 79.5 Å². The second-order valence-electron chi connectivity index (χ2n) is 4.94. The van der Waals surface area contributed by atoms with Crippen molar-refractivity contribution in [1.29, 1.82) is 0 Å². The van der Waals surface area contributed by atoms with Gasteiger partial charge in [-0.1, -0.05) is 23.2 Å². The molecule has 1 atom stereocenters. The van der Waals surface area contributed by atoms with E-state index in [1.165, 1.54) is 0 Å². The normalized spacial score (nSPS) is 23.8. The number of rotatable bonds is 3. The smallest absolute Gasteiger partial charge is 0.325 e. The van der Waals surface area contributed by atoms with Crippen LogP contribution in [0.1, 0.15) is 17.7 Å². The maximum Gasteiger partial charge on any atom is 0.325 e. The minimum atomic E-state index is -1.18. The zero-order valence-electron chi connectivity index (χ0n) is 10.5. The van der Waals surface area contributed by atoms with Crippen LogP contribution in [-0.2, 0) is 11.3 Å². The summed E-state index contributed by atoms with van der Waals surface area (Å²) in [6, 6.07) is 1.74. The van der Waals surface area contributed by atoms with Gasteiger partial charge in [-0.15, -0.1) is 0 Å². The van der Waals surface area contributed by atoms with Gasteiger partial charge in [-0.05, 0) is 19.4 Å². The molecule has 104 valence electrons. The quantitative estimate of drug-likeness (QED) is 0.831. The lowest BCUT2D eigenvalue weighted by Crippen LogP contribution is -2.50. The molecule has 1 unspecified atom stereocenters. The monoisotopic (exact) mass is 303 g/mol. The highest BCUT2D eigenvalue weighted by molar-refractivity contribution is 6.35. The molecule has 1 aliphatic heterocycles. The number of nitrogens with two attached hydrogens (primary N) is 1. The number of carbonyl (C=O) groups is 1. The summed E-state index contributed by atoms with van der Waals surface area (Å²) >= 11 is 12.2. The molecule has 1 aromatic rings. The molecule has 3 N–H and O–H groups in total. The molecule has 0 amide bonds.